The lowest BCUT2D eigenvalue weighted by molar-refractivity contribution is -0.251. The summed E-state index contributed by atoms with van der Waals surface area (Å²) in [5, 5.41) is 12.0. The van der Waals surface area contributed by atoms with Crippen molar-refractivity contribution in [2.45, 2.75) is 148 Å². The maximum atomic E-state index is 10.7. The van der Waals surface area contributed by atoms with E-state index in [-0.39, 0.29) is 17.0 Å². The van der Waals surface area contributed by atoms with Crippen molar-refractivity contribution in [3.8, 4) is 0 Å². The van der Waals surface area contributed by atoms with Crippen LogP contribution in [-0.2, 0) is 4.79 Å². The number of nitrogens with zero attached hydrogens (tertiary/aromatic N) is 1. The van der Waals surface area contributed by atoms with Gasteiger partial charge in [-0.3, -0.25) is 4.79 Å². The van der Waals surface area contributed by atoms with Crippen molar-refractivity contribution >= 4 is 5.91 Å². The number of piperidine rings is 1. The van der Waals surface area contributed by atoms with Crippen LogP contribution >= 0.6 is 0 Å². The molecule has 0 saturated carbocycles. The minimum Gasteiger partial charge on any atom is -0.370 e. The van der Waals surface area contributed by atoms with Crippen molar-refractivity contribution in [3.05, 3.63) is 0 Å². The van der Waals surface area contributed by atoms with Gasteiger partial charge >= 0.3 is 0 Å². The molecular weight excluding hydrogens is 360 g/mol. The van der Waals surface area contributed by atoms with Crippen LogP contribution in [0.3, 0.4) is 0 Å². The molecule has 0 bridgehead atoms. The Morgan fingerprint density at radius 2 is 1.10 bits per heavy atom. The number of hydrogen-bond donors (Lipinski definition) is 2. The molecule has 0 aromatic rings. The number of amides is 1. The largest absolute Gasteiger partial charge is 0.370 e. The zero-order chi connectivity index (χ0) is 21.8. The average molecular weight is 411 g/mol. The van der Waals surface area contributed by atoms with E-state index in [4.69, 9.17) is 5.73 Å². The van der Waals surface area contributed by atoms with E-state index in [0.717, 1.165) is 31.6 Å². The van der Waals surface area contributed by atoms with E-state index in [9.17, 15) is 10.0 Å². The standard InChI is InChI=1S/C25H50N2O2/c1-24(2)20-22(21-25(3,4)27(24)29)18-16-14-12-10-8-6-5-7-9-11-13-15-17-19-23(26)28/h22,29H,5-21H2,1-4H3,(H2,26,28). The zero-order valence-electron chi connectivity index (χ0n) is 20.0. The molecule has 1 fully saturated rings. The fourth-order valence-corrected chi connectivity index (χ4v) is 5.36. The van der Waals surface area contributed by atoms with Crippen molar-refractivity contribution in [3.63, 3.8) is 0 Å². The highest BCUT2D eigenvalue weighted by Gasteiger charge is 2.44. The molecule has 1 rings (SSSR count). The third kappa shape index (κ3) is 11.4. The first kappa shape index (κ1) is 26.4. The summed E-state index contributed by atoms with van der Waals surface area (Å²) in [6.07, 6.45) is 21.1. The molecule has 0 aromatic heterocycles. The Bertz CT molecular complexity index is 430. The third-order valence-electron chi connectivity index (χ3n) is 6.76. The number of hydroxylamine groups is 2. The molecular formula is C25H50N2O2. The predicted molar refractivity (Wildman–Crippen MR) is 123 cm³/mol. The predicted octanol–water partition coefficient (Wildman–Crippen LogP) is 6.98. The van der Waals surface area contributed by atoms with Crippen LogP contribution in [0.5, 0.6) is 0 Å². The second-order valence-electron chi connectivity index (χ2n) is 10.8. The summed E-state index contributed by atoms with van der Waals surface area (Å²) in [6.45, 7) is 8.69. The first-order chi connectivity index (χ1) is 13.6. The summed E-state index contributed by atoms with van der Waals surface area (Å²) in [5.41, 5.74) is 4.95. The number of rotatable bonds is 16. The Morgan fingerprint density at radius 3 is 1.48 bits per heavy atom. The summed E-state index contributed by atoms with van der Waals surface area (Å²) in [6, 6.07) is 0. The minimum absolute atomic E-state index is 0.101. The average Bonchev–Trinajstić information content (AvgIpc) is 2.62. The van der Waals surface area contributed by atoms with Crippen LogP contribution in [0.4, 0.5) is 0 Å². The van der Waals surface area contributed by atoms with Crippen molar-refractivity contribution in [1.82, 2.24) is 5.06 Å². The van der Waals surface area contributed by atoms with E-state index in [2.05, 4.69) is 27.7 Å². The number of carbonyl (C=O) groups excluding carboxylic acids is 1. The normalized spacial score (nSPS) is 19.5. The van der Waals surface area contributed by atoms with Gasteiger partial charge in [-0.25, -0.2) is 0 Å². The molecule has 0 spiro atoms. The summed E-state index contributed by atoms with van der Waals surface area (Å²) in [7, 11) is 0. The highest BCUT2D eigenvalue weighted by atomic mass is 16.5. The highest BCUT2D eigenvalue weighted by Crippen LogP contribution is 2.41. The maximum Gasteiger partial charge on any atom is 0.217 e. The first-order valence-corrected chi connectivity index (χ1v) is 12.4. The molecule has 172 valence electrons. The van der Waals surface area contributed by atoms with Crippen LogP contribution in [0.15, 0.2) is 0 Å². The molecule has 0 aromatic carbocycles. The SMILES string of the molecule is CC1(C)CC(CCCCCCCCCCCCCCCC(N)=O)CC(C)(C)N1O. The third-order valence-corrected chi connectivity index (χ3v) is 6.76. The van der Waals surface area contributed by atoms with Crippen LogP contribution in [0.25, 0.3) is 0 Å². The summed E-state index contributed by atoms with van der Waals surface area (Å²) < 4.78 is 0. The second kappa shape index (κ2) is 13.6. The van der Waals surface area contributed by atoms with Gasteiger partial charge in [0.25, 0.3) is 0 Å². The fraction of sp³-hybridized carbons (Fsp3) is 0.960. The van der Waals surface area contributed by atoms with Gasteiger partial charge in [0.15, 0.2) is 0 Å². The monoisotopic (exact) mass is 410 g/mol. The van der Waals surface area contributed by atoms with Crippen LogP contribution in [-0.4, -0.2) is 27.3 Å². The lowest BCUT2D eigenvalue weighted by Gasteiger charge is -2.51. The first-order valence-electron chi connectivity index (χ1n) is 12.4. The summed E-state index contributed by atoms with van der Waals surface area (Å²) in [5.74, 6) is 0.587. The minimum atomic E-state index is -0.162. The Morgan fingerprint density at radius 1 is 0.759 bits per heavy atom. The zero-order valence-corrected chi connectivity index (χ0v) is 20.0. The second-order valence-corrected chi connectivity index (χ2v) is 10.8. The number of unbranched alkanes of at least 4 members (excludes halogenated alkanes) is 12. The molecule has 1 heterocycles. The maximum absolute atomic E-state index is 10.7. The van der Waals surface area contributed by atoms with Crippen LogP contribution < -0.4 is 5.73 Å². The Balaban J connectivity index is 1.90. The van der Waals surface area contributed by atoms with Crippen LogP contribution in [0, 0.1) is 5.92 Å². The Hall–Kier alpha value is -0.610. The molecule has 3 N–H and O–H groups in total. The van der Waals surface area contributed by atoms with Gasteiger partial charge in [-0.05, 0) is 52.9 Å². The molecule has 1 aliphatic heterocycles. The molecule has 0 unspecified atom stereocenters. The van der Waals surface area contributed by atoms with E-state index in [1.165, 1.54) is 77.0 Å². The van der Waals surface area contributed by atoms with E-state index in [0.29, 0.717) is 6.42 Å². The Kier molecular flexibility index (Phi) is 12.4. The van der Waals surface area contributed by atoms with E-state index < -0.39 is 0 Å². The number of primary amides is 1. The van der Waals surface area contributed by atoms with Gasteiger partial charge < -0.3 is 10.9 Å². The van der Waals surface area contributed by atoms with Crippen molar-refractivity contribution in [1.29, 1.82) is 0 Å². The summed E-state index contributed by atoms with van der Waals surface area (Å²) in [4.78, 5) is 10.7. The van der Waals surface area contributed by atoms with E-state index in [1.54, 1.807) is 5.06 Å². The lowest BCUT2D eigenvalue weighted by atomic mass is 9.73. The number of hydrogen-bond acceptors (Lipinski definition) is 3. The van der Waals surface area contributed by atoms with Gasteiger partial charge in [0.2, 0.25) is 5.91 Å². The van der Waals surface area contributed by atoms with Gasteiger partial charge in [0, 0.05) is 17.5 Å². The van der Waals surface area contributed by atoms with Crippen LogP contribution in [0.1, 0.15) is 137 Å². The molecule has 1 amide bonds. The highest BCUT2D eigenvalue weighted by molar-refractivity contribution is 5.73. The number of carbonyl (C=O) groups is 1. The van der Waals surface area contributed by atoms with Gasteiger partial charge in [-0.15, -0.1) is 0 Å². The molecule has 4 heteroatoms. The molecule has 0 atom stereocenters. The fourth-order valence-electron chi connectivity index (χ4n) is 5.36. The lowest BCUT2D eigenvalue weighted by Crippen LogP contribution is -2.58. The molecule has 29 heavy (non-hydrogen) atoms. The molecule has 1 aliphatic rings. The quantitative estimate of drug-likeness (QED) is 0.270. The molecule has 1 saturated heterocycles. The van der Waals surface area contributed by atoms with Gasteiger partial charge in [-0.1, -0.05) is 83.5 Å². The number of nitrogens with two attached hydrogens (primary N) is 1. The Labute approximate surface area is 181 Å². The summed E-state index contributed by atoms with van der Waals surface area (Å²) >= 11 is 0. The molecule has 0 radical (unpaired) electrons. The smallest absolute Gasteiger partial charge is 0.217 e. The van der Waals surface area contributed by atoms with Gasteiger partial charge in [0.05, 0.1) is 0 Å². The van der Waals surface area contributed by atoms with Gasteiger partial charge in [-0.2, -0.15) is 5.06 Å². The van der Waals surface area contributed by atoms with E-state index >= 15 is 0 Å². The van der Waals surface area contributed by atoms with Gasteiger partial charge in [0.1, 0.15) is 0 Å². The topological polar surface area (TPSA) is 66.6 Å². The van der Waals surface area contributed by atoms with E-state index in [1.807, 2.05) is 0 Å². The molecule has 4 nitrogen and oxygen atoms in total. The van der Waals surface area contributed by atoms with Crippen molar-refractivity contribution in [2.24, 2.45) is 11.7 Å². The van der Waals surface area contributed by atoms with Crippen molar-refractivity contribution < 1.29 is 10.0 Å². The van der Waals surface area contributed by atoms with Crippen molar-refractivity contribution in [2.75, 3.05) is 0 Å². The molecule has 0 aliphatic carbocycles. The van der Waals surface area contributed by atoms with Crippen LogP contribution in [0.2, 0.25) is 0 Å².